The monoisotopic (exact) mass is 329 g/mol. The highest BCUT2D eigenvalue weighted by molar-refractivity contribution is 7.89. The van der Waals surface area contributed by atoms with Crippen molar-refractivity contribution in [2.45, 2.75) is 24.6 Å². The molecule has 0 spiro atoms. The molecule has 3 nitrogen and oxygen atoms in total. The van der Waals surface area contributed by atoms with E-state index >= 15 is 0 Å². The molecule has 0 amide bonds. The molecule has 0 aliphatic rings. The Balaban J connectivity index is 3.45. The Morgan fingerprint density at radius 2 is 1.72 bits per heavy atom. The molecule has 102 valence electrons. The van der Waals surface area contributed by atoms with Crippen molar-refractivity contribution in [3.8, 4) is 0 Å². The van der Waals surface area contributed by atoms with Gasteiger partial charge in [-0.25, -0.2) is 8.42 Å². The summed E-state index contributed by atoms with van der Waals surface area (Å²) in [5.41, 5.74) is 0.511. The van der Waals surface area contributed by atoms with Crippen LogP contribution in [0.3, 0.4) is 0 Å². The summed E-state index contributed by atoms with van der Waals surface area (Å²) in [4.78, 5) is 0.0102. The summed E-state index contributed by atoms with van der Waals surface area (Å²) in [6.45, 7) is 4.28. The smallest absolute Gasteiger partial charge is 0.207 e. The van der Waals surface area contributed by atoms with E-state index in [1.54, 1.807) is 19.9 Å². The van der Waals surface area contributed by atoms with Crippen LogP contribution in [0.25, 0.3) is 0 Å². The second-order valence-electron chi connectivity index (χ2n) is 3.60. The molecule has 0 aliphatic heterocycles. The average molecular weight is 331 g/mol. The van der Waals surface area contributed by atoms with E-state index in [1.165, 1.54) is 10.4 Å². The molecule has 0 fully saturated rings. The third-order valence-electron chi connectivity index (χ3n) is 2.55. The summed E-state index contributed by atoms with van der Waals surface area (Å²) < 4.78 is 26.1. The lowest BCUT2D eigenvalue weighted by Crippen LogP contribution is -2.31. The van der Waals surface area contributed by atoms with E-state index in [1.807, 2.05) is 0 Å². The maximum absolute atomic E-state index is 12.4. The van der Waals surface area contributed by atoms with E-state index < -0.39 is 10.0 Å². The topological polar surface area (TPSA) is 37.4 Å². The van der Waals surface area contributed by atoms with Gasteiger partial charge in [-0.1, -0.05) is 37.0 Å². The van der Waals surface area contributed by atoms with Crippen LogP contribution in [0.4, 0.5) is 0 Å². The number of hydrogen-bond acceptors (Lipinski definition) is 2. The first-order valence-electron chi connectivity index (χ1n) is 5.42. The zero-order valence-corrected chi connectivity index (χ0v) is 13.2. The third-order valence-corrected chi connectivity index (χ3v) is 5.69. The molecule has 0 heterocycles. The van der Waals surface area contributed by atoms with Crippen molar-refractivity contribution in [3.63, 3.8) is 0 Å². The molecule has 0 radical (unpaired) electrons. The van der Waals surface area contributed by atoms with Crippen molar-refractivity contribution in [3.05, 3.63) is 27.7 Å². The molecule has 0 saturated heterocycles. The molecule has 0 bridgehead atoms. The van der Waals surface area contributed by atoms with Crippen LogP contribution < -0.4 is 0 Å². The molecule has 0 aliphatic carbocycles. The molecular weight excluding hydrogens is 317 g/mol. The Morgan fingerprint density at radius 3 is 2.17 bits per heavy atom. The minimum atomic E-state index is -3.63. The van der Waals surface area contributed by atoms with Gasteiger partial charge in [0.1, 0.15) is 4.90 Å². The van der Waals surface area contributed by atoms with Crippen molar-refractivity contribution in [2.75, 3.05) is 13.1 Å². The molecule has 7 heteroatoms. The standard InChI is InChI=1S/C11H14Cl3NO2S/c1-3-15(4-2)18(16,17)10-6-9(13)5-8(7-12)11(10)14/h5-6H,3-4,7H2,1-2H3. The molecule has 18 heavy (non-hydrogen) atoms. The summed E-state index contributed by atoms with van der Waals surface area (Å²) in [5, 5.41) is 0.446. The highest BCUT2D eigenvalue weighted by atomic mass is 35.5. The Hall–Kier alpha value is -0.000000000000000111. The molecule has 0 unspecified atom stereocenters. The zero-order chi connectivity index (χ0) is 13.9. The fourth-order valence-corrected chi connectivity index (χ4v) is 4.25. The molecule has 1 rings (SSSR count). The molecule has 0 N–H and O–H groups in total. The van der Waals surface area contributed by atoms with Crippen LogP contribution >= 0.6 is 34.8 Å². The van der Waals surface area contributed by atoms with Gasteiger partial charge >= 0.3 is 0 Å². The van der Waals surface area contributed by atoms with Crippen LogP contribution in [0.5, 0.6) is 0 Å². The van der Waals surface area contributed by atoms with Crippen molar-refractivity contribution in [1.29, 1.82) is 0 Å². The second-order valence-corrected chi connectivity index (χ2v) is 6.59. The number of benzene rings is 1. The van der Waals surface area contributed by atoms with E-state index in [0.717, 1.165) is 0 Å². The van der Waals surface area contributed by atoms with Gasteiger partial charge in [-0.2, -0.15) is 4.31 Å². The number of rotatable bonds is 5. The van der Waals surface area contributed by atoms with Gasteiger partial charge in [-0.15, -0.1) is 11.6 Å². The average Bonchev–Trinajstić information content (AvgIpc) is 2.32. The molecule has 1 aromatic rings. The summed E-state index contributed by atoms with van der Waals surface area (Å²) in [6, 6.07) is 2.92. The van der Waals surface area contributed by atoms with Crippen molar-refractivity contribution < 1.29 is 8.42 Å². The Bertz CT molecular complexity index is 527. The number of alkyl halides is 1. The molecule has 0 aromatic heterocycles. The predicted molar refractivity (Wildman–Crippen MR) is 76.1 cm³/mol. The first-order chi connectivity index (χ1) is 8.38. The summed E-state index contributed by atoms with van der Waals surface area (Å²) in [7, 11) is -3.63. The van der Waals surface area contributed by atoms with E-state index in [4.69, 9.17) is 34.8 Å². The quantitative estimate of drug-likeness (QED) is 0.771. The van der Waals surface area contributed by atoms with Crippen LogP contribution in [0.1, 0.15) is 19.4 Å². The number of halogens is 3. The summed E-state index contributed by atoms with van der Waals surface area (Å²) in [5.74, 6) is 0.111. The summed E-state index contributed by atoms with van der Waals surface area (Å²) in [6.07, 6.45) is 0. The van der Waals surface area contributed by atoms with Gasteiger partial charge in [-0.05, 0) is 17.7 Å². The fraction of sp³-hybridized carbons (Fsp3) is 0.455. The molecule has 0 saturated carbocycles. The normalized spacial score (nSPS) is 12.1. The Kier molecular flexibility index (Phi) is 5.74. The number of nitrogens with zero attached hydrogens (tertiary/aromatic N) is 1. The minimum Gasteiger partial charge on any atom is -0.207 e. The molecular formula is C11H14Cl3NO2S. The minimum absolute atomic E-state index is 0.0102. The Labute approximate surface area is 123 Å². The number of hydrogen-bond donors (Lipinski definition) is 0. The summed E-state index contributed by atoms with van der Waals surface area (Å²) >= 11 is 17.7. The van der Waals surface area contributed by atoms with E-state index in [0.29, 0.717) is 23.7 Å². The van der Waals surface area contributed by atoms with Gasteiger partial charge < -0.3 is 0 Å². The Morgan fingerprint density at radius 1 is 1.17 bits per heavy atom. The lowest BCUT2D eigenvalue weighted by atomic mass is 10.2. The van der Waals surface area contributed by atoms with Gasteiger partial charge in [-0.3, -0.25) is 0 Å². The van der Waals surface area contributed by atoms with Gasteiger partial charge in [0.15, 0.2) is 0 Å². The van der Waals surface area contributed by atoms with E-state index in [-0.39, 0.29) is 15.8 Å². The highest BCUT2D eigenvalue weighted by Crippen LogP contribution is 2.32. The van der Waals surface area contributed by atoms with Crippen molar-refractivity contribution in [2.24, 2.45) is 0 Å². The first kappa shape index (κ1) is 16.1. The fourth-order valence-electron chi connectivity index (χ4n) is 1.61. The maximum Gasteiger partial charge on any atom is 0.244 e. The second kappa shape index (κ2) is 6.44. The van der Waals surface area contributed by atoms with Crippen LogP contribution in [0.2, 0.25) is 10.0 Å². The van der Waals surface area contributed by atoms with Crippen molar-refractivity contribution in [1.82, 2.24) is 4.31 Å². The zero-order valence-electron chi connectivity index (χ0n) is 10.1. The molecule has 1 aromatic carbocycles. The van der Waals surface area contributed by atoms with Gasteiger partial charge in [0.25, 0.3) is 0 Å². The largest absolute Gasteiger partial charge is 0.244 e. The lowest BCUT2D eigenvalue weighted by Gasteiger charge is -2.20. The van der Waals surface area contributed by atoms with Crippen LogP contribution in [0, 0.1) is 0 Å². The van der Waals surface area contributed by atoms with E-state index in [9.17, 15) is 8.42 Å². The van der Waals surface area contributed by atoms with Crippen molar-refractivity contribution >= 4 is 44.8 Å². The predicted octanol–water partition coefficient (Wildman–Crippen LogP) is 3.76. The van der Waals surface area contributed by atoms with Gasteiger partial charge in [0.2, 0.25) is 10.0 Å². The van der Waals surface area contributed by atoms with Crippen LogP contribution in [-0.4, -0.2) is 25.8 Å². The van der Waals surface area contributed by atoms with Gasteiger partial charge in [0, 0.05) is 24.0 Å². The maximum atomic E-state index is 12.4. The van der Waals surface area contributed by atoms with Gasteiger partial charge in [0.05, 0.1) is 5.02 Å². The first-order valence-corrected chi connectivity index (χ1v) is 8.15. The molecule has 0 atom stereocenters. The number of sulfonamides is 1. The van der Waals surface area contributed by atoms with Crippen LogP contribution in [-0.2, 0) is 15.9 Å². The SMILES string of the molecule is CCN(CC)S(=O)(=O)c1cc(Cl)cc(CCl)c1Cl. The highest BCUT2D eigenvalue weighted by Gasteiger charge is 2.26. The third kappa shape index (κ3) is 3.11. The van der Waals surface area contributed by atoms with E-state index in [2.05, 4.69) is 0 Å². The lowest BCUT2D eigenvalue weighted by molar-refractivity contribution is 0.445. The van der Waals surface area contributed by atoms with Crippen LogP contribution in [0.15, 0.2) is 17.0 Å².